The van der Waals surface area contributed by atoms with Gasteiger partial charge in [-0.25, -0.2) is 13.6 Å². The van der Waals surface area contributed by atoms with E-state index < -0.39 is 23.5 Å². The van der Waals surface area contributed by atoms with Crippen LogP contribution >= 0.6 is 0 Å². The number of Topliss-reactive ketones (excluding diaryl/α,β-unsaturated/α-hetero) is 1. The Morgan fingerprint density at radius 2 is 2.00 bits per heavy atom. The Kier molecular flexibility index (Phi) is 7.36. The molecule has 1 aromatic rings. The van der Waals surface area contributed by atoms with E-state index in [2.05, 4.69) is 5.32 Å². The molecule has 0 unspecified atom stereocenters. The van der Waals surface area contributed by atoms with Gasteiger partial charge in [0.15, 0.2) is 5.78 Å². The van der Waals surface area contributed by atoms with E-state index in [4.69, 9.17) is 4.74 Å². The van der Waals surface area contributed by atoms with Gasteiger partial charge < -0.3 is 10.1 Å². The number of ether oxygens (including phenoxy) is 1. The summed E-state index contributed by atoms with van der Waals surface area (Å²) in [5.74, 6) is -2.04. The number of rotatable bonds is 8. The van der Waals surface area contributed by atoms with Crippen LogP contribution < -0.4 is 5.32 Å². The first-order valence-electron chi connectivity index (χ1n) is 6.93. The van der Waals surface area contributed by atoms with Gasteiger partial charge >= 0.3 is 6.09 Å². The molecule has 0 radical (unpaired) electrons. The van der Waals surface area contributed by atoms with Crippen molar-refractivity contribution in [3.8, 4) is 0 Å². The minimum absolute atomic E-state index is 0.0325. The molecule has 1 N–H and O–H groups in total. The Morgan fingerprint density at radius 3 is 2.67 bits per heavy atom. The van der Waals surface area contributed by atoms with E-state index >= 15 is 0 Å². The summed E-state index contributed by atoms with van der Waals surface area (Å²) in [6.45, 7) is 2.63. The van der Waals surface area contributed by atoms with Gasteiger partial charge in [-0.2, -0.15) is 0 Å². The molecule has 0 heterocycles. The number of amides is 1. The normalized spacial score (nSPS) is 10.2. The highest BCUT2D eigenvalue weighted by Gasteiger charge is 2.12. The van der Waals surface area contributed by atoms with Crippen LogP contribution in [0.4, 0.5) is 13.6 Å². The number of hydrogen-bond donors (Lipinski definition) is 1. The second-order valence-electron chi connectivity index (χ2n) is 4.57. The van der Waals surface area contributed by atoms with Crippen LogP contribution in [0.15, 0.2) is 18.2 Å². The van der Waals surface area contributed by atoms with Crippen LogP contribution in [0, 0.1) is 11.6 Å². The summed E-state index contributed by atoms with van der Waals surface area (Å²) in [4.78, 5) is 22.9. The maximum atomic E-state index is 13.4. The fraction of sp³-hybridized carbons (Fsp3) is 0.467. The van der Waals surface area contributed by atoms with Gasteiger partial charge in [0, 0.05) is 19.0 Å². The third kappa shape index (κ3) is 6.33. The van der Waals surface area contributed by atoms with Gasteiger partial charge in [-0.15, -0.1) is 0 Å². The minimum Gasteiger partial charge on any atom is -0.450 e. The molecule has 0 aromatic heterocycles. The Balaban J connectivity index is 2.26. The summed E-state index contributed by atoms with van der Waals surface area (Å²) in [5, 5.41) is 2.57. The fourth-order valence-electron chi connectivity index (χ4n) is 1.67. The highest BCUT2D eigenvalue weighted by Crippen LogP contribution is 2.12. The predicted molar refractivity (Wildman–Crippen MR) is 74.2 cm³/mol. The van der Waals surface area contributed by atoms with E-state index in [-0.39, 0.29) is 25.0 Å². The lowest BCUT2D eigenvalue weighted by Gasteiger charge is -2.06. The highest BCUT2D eigenvalue weighted by molar-refractivity contribution is 5.96. The molecule has 0 saturated heterocycles. The van der Waals surface area contributed by atoms with Crippen LogP contribution in [0.3, 0.4) is 0 Å². The number of hydrogen-bond acceptors (Lipinski definition) is 3. The fourth-order valence-corrected chi connectivity index (χ4v) is 1.67. The van der Waals surface area contributed by atoms with Crippen LogP contribution in [0.25, 0.3) is 0 Å². The number of alkyl carbamates (subject to hydrolysis) is 1. The lowest BCUT2D eigenvalue weighted by Crippen LogP contribution is -2.25. The van der Waals surface area contributed by atoms with Crippen LogP contribution in [-0.4, -0.2) is 25.0 Å². The third-order valence-electron chi connectivity index (χ3n) is 2.81. The molecule has 116 valence electrons. The van der Waals surface area contributed by atoms with Crippen LogP contribution in [0.2, 0.25) is 0 Å². The molecule has 0 bridgehead atoms. The van der Waals surface area contributed by atoms with Crippen molar-refractivity contribution in [1.82, 2.24) is 5.32 Å². The zero-order chi connectivity index (χ0) is 15.7. The van der Waals surface area contributed by atoms with Gasteiger partial charge in [-0.3, -0.25) is 4.79 Å². The average Bonchev–Trinajstić information content (AvgIpc) is 2.43. The first-order valence-corrected chi connectivity index (χ1v) is 6.93. The molecular formula is C15H19F2NO3. The number of nitrogens with one attached hydrogen (secondary N) is 1. The van der Waals surface area contributed by atoms with Gasteiger partial charge in [0.05, 0.1) is 12.2 Å². The third-order valence-corrected chi connectivity index (χ3v) is 2.81. The topological polar surface area (TPSA) is 55.4 Å². The molecule has 1 rings (SSSR count). The molecule has 6 heteroatoms. The summed E-state index contributed by atoms with van der Waals surface area (Å²) in [6, 6.07) is 2.82. The zero-order valence-electron chi connectivity index (χ0n) is 12.0. The van der Waals surface area contributed by atoms with Crippen molar-refractivity contribution in [2.24, 2.45) is 0 Å². The predicted octanol–water partition coefficient (Wildman–Crippen LogP) is 3.45. The number of ketones is 1. The summed E-state index contributed by atoms with van der Waals surface area (Å²) in [5.41, 5.74) is -0.149. The van der Waals surface area contributed by atoms with Crippen LogP contribution in [-0.2, 0) is 4.74 Å². The number of halogens is 2. The van der Waals surface area contributed by atoms with E-state index in [1.54, 1.807) is 0 Å². The van der Waals surface area contributed by atoms with E-state index in [0.717, 1.165) is 25.0 Å². The molecule has 0 aliphatic carbocycles. The molecule has 0 fully saturated rings. The van der Waals surface area contributed by atoms with Crippen LogP contribution in [0.5, 0.6) is 0 Å². The van der Waals surface area contributed by atoms with E-state index in [1.165, 1.54) is 0 Å². The Bertz CT molecular complexity index is 492. The number of carbonyl (C=O) groups excluding carboxylic acids is 2. The molecule has 0 spiro atoms. The summed E-state index contributed by atoms with van der Waals surface area (Å²) in [7, 11) is 0. The smallest absolute Gasteiger partial charge is 0.407 e. The van der Waals surface area contributed by atoms with Gasteiger partial charge in [-0.1, -0.05) is 13.3 Å². The highest BCUT2D eigenvalue weighted by atomic mass is 19.1. The van der Waals surface area contributed by atoms with Crippen molar-refractivity contribution in [3.05, 3.63) is 35.4 Å². The second-order valence-corrected chi connectivity index (χ2v) is 4.57. The SMILES string of the molecule is CCCCNC(=O)OCCCC(=O)c1ccc(F)cc1F. The Morgan fingerprint density at radius 1 is 1.24 bits per heavy atom. The lowest BCUT2D eigenvalue weighted by molar-refractivity contribution is 0.0956. The molecule has 0 atom stereocenters. The van der Waals surface area contributed by atoms with Gasteiger partial charge in [-0.05, 0) is 25.0 Å². The van der Waals surface area contributed by atoms with Crippen molar-refractivity contribution in [2.75, 3.05) is 13.2 Å². The Hall–Kier alpha value is -1.98. The minimum atomic E-state index is -0.877. The van der Waals surface area contributed by atoms with Crippen LogP contribution in [0.1, 0.15) is 43.0 Å². The second kappa shape index (κ2) is 9.05. The zero-order valence-corrected chi connectivity index (χ0v) is 12.0. The summed E-state index contributed by atoms with van der Waals surface area (Å²) >= 11 is 0. The molecule has 0 saturated carbocycles. The summed E-state index contributed by atoms with van der Waals surface area (Å²) in [6.07, 6.45) is 1.64. The van der Waals surface area contributed by atoms with Gasteiger partial charge in [0.2, 0.25) is 0 Å². The lowest BCUT2D eigenvalue weighted by atomic mass is 10.1. The Labute approximate surface area is 122 Å². The van der Waals surface area contributed by atoms with Crippen molar-refractivity contribution in [1.29, 1.82) is 0 Å². The van der Waals surface area contributed by atoms with Crippen molar-refractivity contribution >= 4 is 11.9 Å². The van der Waals surface area contributed by atoms with E-state index in [0.29, 0.717) is 12.6 Å². The molecule has 4 nitrogen and oxygen atoms in total. The van der Waals surface area contributed by atoms with E-state index in [1.807, 2.05) is 6.92 Å². The first kappa shape index (κ1) is 17.1. The van der Waals surface area contributed by atoms with Crippen molar-refractivity contribution in [3.63, 3.8) is 0 Å². The molecule has 0 aliphatic rings. The van der Waals surface area contributed by atoms with Gasteiger partial charge in [0.1, 0.15) is 11.6 Å². The molecule has 21 heavy (non-hydrogen) atoms. The molecule has 1 amide bonds. The number of carbonyl (C=O) groups is 2. The summed E-state index contributed by atoms with van der Waals surface area (Å²) < 4.78 is 30.9. The van der Waals surface area contributed by atoms with Crippen molar-refractivity contribution in [2.45, 2.75) is 32.6 Å². The number of benzene rings is 1. The van der Waals surface area contributed by atoms with E-state index in [9.17, 15) is 18.4 Å². The molecule has 0 aliphatic heterocycles. The molecular weight excluding hydrogens is 280 g/mol. The van der Waals surface area contributed by atoms with Crippen molar-refractivity contribution < 1.29 is 23.1 Å². The maximum absolute atomic E-state index is 13.4. The first-order chi connectivity index (χ1) is 10.0. The quantitative estimate of drug-likeness (QED) is 0.591. The number of unbranched alkanes of at least 4 members (excludes halogenated alkanes) is 1. The monoisotopic (exact) mass is 299 g/mol. The molecule has 1 aromatic carbocycles. The maximum Gasteiger partial charge on any atom is 0.407 e. The standard InChI is InChI=1S/C15H19F2NO3/c1-2-3-8-18-15(20)21-9-4-5-14(19)12-7-6-11(16)10-13(12)17/h6-7,10H,2-5,8-9H2,1H3,(H,18,20). The largest absolute Gasteiger partial charge is 0.450 e. The average molecular weight is 299 g/mol. The van der Waals surface area contributed by atoms with Gasteiger partial charge in [0.25, 0.3) is 0 Å².